The summed E-state index contributed by atoms with van der Waals surface area (Å²) in [6, 6.07) is 17.0. The van der Waals surface area contributed by atoms with Gasteiger partial charge in [-0.05, 0) is 81.3 Å². The number of carbonyl (C=O) groups is 2. The molecule has 11 heteroatoms. The first-order valence-corrected chi connectivity index (χ1v) is 15.5. The van der Waals surface area contributed by atoms with Gasteiger partial charge in [-0.2, -0.15) is 0 Å². The molecule has 0 aliphatic rings. The van der Waals surface area contributed by atoms with Crippen molar-refractivity contribution in [1.82, 2.24) is 10.2 Å². The molecule has 0 aliphatic heterocycles. The second-order valence-corrected chi connectivity index (χ2v) is 12.0. The van der Waals surface area contributed by atoms with Gasteiger partial charge in [0.05, 0.1) is 27.2 Å². The van der Waals surface area contributed by atoms with Crippen LogP contribution in [0.3, 0.4) is 0 Å². The molecule has 0 saturated heterocycles. The van der Waals surface area contributed by atoms with Crippen molar-refractivity contribution in [2.75, 3.05) is 24.0 Å². The third kappa shape index (κ3) is 8.15. The van der Waals surface area contributed by atoms with Gasteiger partial charge in [-0.15, -0.1) is 0 Å². The number of likely N-dealkylation sites (N-methyl/N-ethyl adjacent to an activating group) is 1. The second kappa shape index (κ2) is 14.6. The molecule has 2 amide bonds. The zero-order valence-corrected chi connectivity index (χ0v) is 25.9. The minimum absolute atomic E-state index is 0.0209. The molecule has 0 unspecified atom stereocenters. The highest BCUT2D eigenvalue weighted by atomic mass is 35.5. The number of hydrogen-bond acceptors (Lipinski definition) is 5. The lowest BCUT2D eigenvalue weighted by molar-refractivity contribution is -0.140. The van der Waals surface area contributed by atoms with Gasteiger partial charge in [0, 0.05) is 13.1 Å². The number of sulfonamides is 1. The van der Waals surface area contributed by atoms with Crippen molar-refractivity contribution in [1.29, 1.82) is 0 Å². The standard InChI is InChI=1S/C30H35Cl2N3O5S/c1-5-28(30(37)33-6-2)34(19-22-10-17-26(31)27(32)18-22)29(36)20-35(23-11-13-24(14-12-23)40-7-3)41(38,39)25-15-8-21(4)9-16-25/h8-18,28H,5-7,19-20H2,1-4H3,(H,33,37)/t28-/m1/s1. The first-order valence-electron chi connectivity index (χ1n) is 13.3. The van der Waals surface area contributed by atoms with Crippen LogP contribution in [0.5, 0.6) is 5.75 Å². The first kappa shape index (κ1) is 32.2. The molecule has 0 heterocycles. The Hall–Kier alpha value is -3.27. The number of carbonyl (C=O) groups excluding carboxylic acids is 2. The van der Waals surface area contributed by atoms with Gasteiger partial charge in [0.2, 0.25) is 11.8 Å². The van der Waals surface area contributed by atoms with Crippen LogP contribution in [0.1, 0.15) is 38.3 Å². The predicted molar refractivity (Wildman–Crippen MR) is 163 cm³/mol. The van der Waals surface area contributed by atoms with Gasteiger partial charge >= 0.3 is 0 Å². The molecule has 0 bridgehead atoms. The molecule has 3 aromatic rings. The Bertz CT molecular complexity index is 1450. The van der Waals surface area contributed by atoms with Crippen molar-refractivity contribution in [2.24, 2.45) is 0 Å². The summed E-state index contributed by atoms with van der Waals surface area (Å²) in [7, 11) is -4.17. The molecule has 0 fully saturated rings. The maximum Gasteiger partial charge on any atom is 0.264 e. The van der Waals surface area contributed by atoms with E-state index >= 15 is 0 Å². The molecular formula is C30H35Cl2N3O5S. The van der Waals surface area contributed by atoms with E-state index in [4.69, 9.17) is 27.9 Å². The SMILES string of the molecule is CCNC(=O)[C@@H](CC)N(Cc1ccc(Cl)c(Cl)c1)C(=O)CN(c1ccc(OCC)cc1)S(=O)(=O)c1ccc(C)cc1. The van der Waals surface area contributed by atoms with E-state index in [0.717, 1.165) is 9.87 Å². The van der Waals surface area contributed by atoms with Crippen molar-refractivity contribution in [3.05, 3.63) is 87.9 Å². The number of anilines is 1. The fraction of sp³-hybridized carbons (Fsp3) is 0.333. The van der Waals surface area contributed by atoms with E-state index in [0.29, 0.717) is 40.9 Å². The van der Waals surface area contributed by atoms with E-state index in [1.807, 2.05) is 13.8 Å². The maximum atomic E-state index is 14.0. The number of hydrogen-bond donors (Lipinski definition) is 1. The van der Waals surface area contributed by atoms with E-state index in [1.165, 1.54) is 17.0 Å². The summed E-state index contributed by atoms with van der Waals surface area (Å²) >= 11 is 12.3. The van der Waals surface area contributed by atoms with E-state index in [2.05, 4.69) is 5.32 Å². The molecule has 0 aliphatic carbocycles. The summed E-state index contributed by atoms with van der Waals surface area (Å²) in [6.45, 7) is 7.60. The van der Waals surface area contributed by atoms with Crippen molar-refractivity contribution in [3.8, 4) is 5.75 Å². The largest absolute Gasteiger partial charge is 0.494 e. The molecule has 220 valence electrons. The average molecular weight is 621 g/mol. The van der Waals surface area contributed by atoms with Gasteiger partial charge in [-0.1, -0.05) is 53.9 Å². The number of benzene rings is 3. The van der Waals surface area contributed by atoms with Crippen LogP contribution in [0.2, 0.25) is 10.0 Å². The molecule has 3 aromatic carbocycles. The van der Waals surface area contributed by atoms with Crippen LogP contribution in [0, 0.1) is 6.92 Å². The van der Waals surface area contributed by atoms with Gasteiger partial charge in [0.25, 0.3) is 10.0 Å². The molecule has 0 saturated carbocycles. The number of ether oxygens (including phenoxy) is 1. The highest BCUT2D eigenvalue weighted by molar-refractivity contribution is 7.92. The number of aryl methyl sites for hydroxylation is 1. The van der Waals surface area contributed by atoms with Crippen LogP contribution < -0.4 is 14.4 Å². The Morgan fingerprint density at radius 3 is 2.15 bits per heavy atom. The van der Waals surface area contributed by atoms with Gasteiger partial charge in [0.15, 0.2) is 0 Å². The minimum Gasteiger partial charge on any atom is -0.494 e. The van der Waals surface area contributed by atoms with Gasteiger partial charge in [0.1, 0.15) is 18.3 Å². The van der Waals surface area contributed by atoms with E-state index in [9.17, 15) is 18.0 Å². The Kier molecular flexibility index (Phi) is 11.5. The van der Waals surface area contributed by atoms with Crippen LogP contribution in [-0.2, 0) is 26.2 Å². The van der Waals surface area contributed by atoms with E-state index in [1.54, 1.807) is 68.4 Å². The summed E-state index contributed by atoms with van der Waals surface area (Å²) in [6.07, 6.45) is 0.312. The summed E-state index contributed by atoms with van der Waals surface area (Å²) in [5, 5.41) is 3.44. The lowest BCUT2D eigenvalue weighted by Crippen LogP contribution is -2.52. The van der Waals surface area contributed by atoms with Crippen molar-refractivity contribution >= 4 is 50.7 Å². The van der Waals surface area contributed by atoms with Crippen LogP contribution >= 0.6 is 23.2 Å². The second-order valence-electron chi connectivity index (χ2n) is 9.34. The quantitative estimate of drug-likeness (QED) is 0.259. The van der Waals surface area contributed by atoms with Crippen LogP contribution in [0.4, 0.5) is 5.69 Å². The minimum atomic E-state index is -4.17. The molecule has 41 heavy (non-hydrogen) atoms. The Morgan fingerprint density at radius 1 is 0.927 bits per heavy atom. The monoisotopic (exact) mass is 619 g/mol. The van der Waals surface area contributed by atoms with Crippen molar-refractivity contribution in [3.63, 3.8) is 0 Å². The molecule has 0 radical (unpaired) electrons. The zero-order chi connectivity index (χ0) is 30.2. The van der Waals surface area contributed by atoms with Crippen LogP contribution in [0.25, 0.3) is 0 Å². The van der Waals surface area contributed by atoms with E-state index < -0.39 is 28.5 Å². The molecule has 1 N–H and O–H groups in total. The molecular weight excluding hydrogens is 585 g/mol. The summed E-state index contributed by atoms with van der Waals surface area (Å²) in [5.41, 5.74) is 1.82. The number of amides is 2. The molecule has 1 atom stereocenters. The van der Waals surface area contributed by atoms with Crippen LogP contribution in [-0.4, -0.2) is 50.9 Å². The Balaban J connectivity index is 2.07. The molecule has 8 nitrogen and oxygen atoms in total. The van der Waals surface area contributed by atoms with Gasteiger partial charge in [-0.25, -0.2) is 8.42 Å². The van der Waals surface area contributed by atoms with Crippen LogP contribution in [0.15, 0.2) is 71.6 Å². The fourth-order valence-electron chi connectivity index (χ4n) is 4.29. The van der Waals surface area contributed by atoms with Crippen molar-refractivity contribution < 1.29 is 22.7 Å². The maximum absolute atomic E-state index is 14.0. The summed E-state index contributed by atoms with van der Waals surface area (Å²) < 4.78 is 34.5. The zero-order valence-electron chi connectivity index (χ0n) is 23.6. The lowest BCUT2D eigenvalue weighted by Gasteiger charge is -2.33. The first-order chi connectivity index (χ1) is 19.5. The predicted octanol–water partition coefficient (Wildman–Crippen LogP) is 5.84. The number of nitrogens with one attached hydrogen (secondary N) is 1. The third-order valence-electron chi connectivity index (χ3n) is 6.40. The Labute approximate surface area is 252 Å². The summed E-state index contributed by atoms with van der Waals surface area (Å²) in [4.78, 5) is 28.5. The van der Waals surface area contributed by atoms with Crippen molar-refractivity contribution in [2.45, 2.75) is 51.6 Å². The number of rotatable bonds is 13. The van der Waals surface area contributed by atoms with E-state index in [-0.39, 0.29) is 23.0 Å². The highest BCUT2D eigenvalue weighted by Gasteiger charge is 2.33. The smallest absolute Gasteiger partial charge is 0.264 e. The average Bonchev–Trinajstić information content (AvgIpc) is 2.94. The topological polar surface area (TPSA) is 96.0 Å². The summed E-state index contributed by atoms with van der Waals surface area (Å²) in [5.74, 6) is -0.324. The lowest BCUT2D eigenvalue weighted by atomic mass is 10.1. The number of nitrogens with zero attached hydrogens (tertiary/aromatic N) is 2. The Morgan fingerprint density at radius 2 is 1.59 bits per heavy atom. The molecule has 3 rings (SSSR count). The molecule has 0 spiro atoms. The number of halogens is 2. The highest BCUT2D eigenvalue weighted by Crippen LogP contribution is 2.28. The van der Waals surface area contributed by atoms with Gasteiger partial charge < -0.3 is 15.0 Å². The molecule has 0 aromatic heterocycles. The van der Waals surface area contributed by atoms with Gasteiger partial charge in [-0.3, -0.25) is 13.9 Å². The normalized spacial score (nSPS) is 12.0. The third-order valence-corrected chi connectivity index (χ3v) is 8.92. The fourth-order valence-corrected chi connectivity index (χ4v) is 6.02.